The maximum Gasteiger partial charge on any atom is 0.303 e. The van der Waals surface area contributed by atoms with E-state index >= 15 is 0 Å². The second kappa shape index (κ2) is 5.65. The molecule has 3 nitrogen and oxygen atoms in total. The molecule has 0 spiro atoms. The molecule has 0 fully saturated rings. The third-order valence-electron chi connectivity index (χ3n) is 1.17. The van der Waals surface area contributed by atoms with E-state index in [1.54, 1.807) is 13.0 Å². The monoisotopic (exact) mass is 156 g/mol. The van der Waals surface area contributed by atoms with E-state index in [4.69, 9.17) is 5.11 Å². The van der Waals surface area contributed by atoms with Crippen LogP contribution in [0.1, 0.15) is 26.2 Å². The first-order valence-electron chi connectivity index (χ1n) is 3.54. The van der Waals surface area contributed by atoms with Crippen LogP contribution in [0.15, 0.2) is 12.2 Å². The fourth-order valence-electron chi connectivity index (χ4n) is 0.683. The molecule has 0 aliphatic carbocycles. The average molecular weight is 156 g/mol. The molecule has 1 N–H and O–H groups in total. The molecule has 0 saturated carbocycles. The van der Waals surface area contributed by atoms with Gasteiger partial charge in [-0.25, -0.2) is 0 Å². The third-order valence-corrected chi connectivity index (χ3v) is 1.17. The van der Waals surface area contributed by atoms with Crippen LogP contribution in [0.4, 0.5) is 0 Å². The van der Waals surface area contributed by atoms with Crippen molar-refractivity contribution < 1.29 is 14.7 Å². The van der Waals surface area contributed by atoms with Gasteiger partial charge in [0, 0.05) is 12.8 Å². The zero-order valence-electron chi connectivity index (χ0n) is 6.54. The standard InChI is InChI=1S/C8H12O3/c1-2-4-7(9)5-3-6-8(10)11/h2,4H,3,5-6H2,1H3,(H,10,11)/b4-2+. The number of hydrogen-bond acceptors (Lipinski definition) is 2. The molecule has 3 heteroatoms. The summed E-state index contributed by atoms with van der Waals surface area (Å²) >= 11 is 0. The van der Waals surface area contributed by atoms with Gasteiger partial charge in [0.2, 0.25) is 0 Å². The first-order valence-corrected chi connectivity index (χ1v) is 3.54. The van der Waals surface area contributed by atoms with Crippen molar-refractivity contribution in [3.63, 3.8) is 0 Å². The third kappa shape index (κ3) is 6.77. The first kappa shape index (κ1) is 9.88. The molecular weight excluding hydrogens is 144 g/mol. The van der Waals surface area contributed by atoms with Crippen LogP contribution >= 0.6 is 0 Å². The van der Waals surface area contributed by atoms with E-state index < -0.39 is 5.97 Å². The van der Waals surface area contributed by atoms with E-state index in [0.717, 1.165) is 0 Å². The smallest absolute Gasteiger partial charge is 0.303 e. The highest BCUT2D eigenvalue weighted by molar-refractivity contribution is 5.89. The van der Waals surface area contributed by atoms with Crippen molar-refractivity contribution in [2.45, 2.75) is 26.2 Å². The van der Waals surface area contributed by atoms with E-state index in [1.807, 2.05) is 0 Å². The second-order valence-electron chi connectivity index (χ2n) is 2.21. The van der Waals surface area contributed by atoms with Crippen LogP contribution in [0.3, 0.4) is 0 Å². The first-order chi connectivity index (χ1) is 5.16. The van der Waals surface area contributed by atoms with Crippen molar-refractivity contribution in [3.8, 4) is 0 Å². The molecule has 0 aliphatic heterocycles. The average Bonchev–Trinajstić information content (AvgIpc) is 1.87. The van der Waals surface area contributed by atoms with Gasteiger partial charge >= 0.3 is 5.97 Å². The summed E-state index contributed by atoms with van der Waals surface area (Å²) in [4.78, 5) is 20.8. The van der Waals surface area contributed by atoms with Crippen LogP contribution < -0.4 is 0 Å². The van der Waals surface area contributed by atoms with Crippen molar-refractivity contribution in [1.29, 1.82) is 0 Å². The van der Waals surface area contributed by atoms with E-state index in [-0.39, 0.29) is 12.2 Å². The summed E-state index contributed by atoms with van der Waals surface area (Å²) in [6.07, 6.45) is 3.95. The van der Waals surface area contributed by atoms with E-state index in [2.05, 4.69) is 0 Å². The highest BCUT2D eigenvalue weighted by Crippen LogP contribution is 1.96. The quantitative estimate of drug-likeness (QED) is 0.612. The zero-order chi connectivity index (χ0) is 8.69. The molecule has 0 aromatic rings. The van der Waals surface area contributed by atoms with Crippen molar-refractivity contribution in [2.75, 3.05) is 0 Å². The molecule has 0 aliphatic rings. The number of carboxylic acid groups (broad SMARTS) is 1. The van der Waals surface area contributed by atoms with Gasteiger partial charge in [-0.3, -0.25) is 9.59 Å². The van der Waals surface area contributed by atoms with Crippen molar-refractivity contribution in [3.05, 3.63) is 12.2 Å². The predicted molar refractivity (Wildman–Crippen MR) is 41.3 cm³/mol. The number of allylic oxidation sites excluding steroid dienone is 2. The van der Waals surface area contributed by atoms with Gasteiger partial charge in [0.1, 0.15) is 0 Å². The molecule has 0 aromatic heterocycles. The molecule has 0 heterocycles. The Kier molecular flexibility index (Phi) is 5.07. The van der Waals surface area contributed by atoms with Crippen LogP contribution in [-0.4, -0.2) is 16.9 Å². The fraction of sp³-hybridized carbons (Fsp3) is 0.500. The maximum absolute atomic E-state index is 10.7. The summed E-state index contributed by atoms with van der Waals surface area (Å²) in [6.45, 7) is 1.76. The minimum Gasteiger partial charge on any atom is -0.481 e. The number of carbonyl (C=O) groups is 2. The van der Waals surface area contributed by atoms with Crippen LogP contribution in [0.5, 0.6) is 0 Å². The molecule has 0 aromatic carbocycles. The Morgan fingerprint density at radius 2 is 2.00 bits per heavy atom. The van der Waals surface area contributed by atoms with E-state index in [1.165, 1.54) is 6.08 Å². The summed E-state index contributed by atoms with van der Waals surface area (Å²) in [7, 11) is 0. The summed E-state index contributed by atoms with van der Waals surface area (Å²) in [5, 5.41) is 8.23. The molecule has 11 heavy (non-hydrogen) atoms. The molecule has 0 unspecified atom stereocenters. The van der Waals surface area contributed by atoms with Crippen LogP contribution in [0.25, 0.3) is 0 Å². The Bertz CT molecular complexity index is 170. The predicted octanol–water partition coefficient (Wildman–Crippen LogP) is 1.39. The molecular formula is C8H12O3. The van der Waals surface area contributed by atoms with Gasteiger partial charge in [-0.1, -0.05) is 6.08 Å². The normalized spacial score (nSPS) is 10.3. The number of hydrogen-bond donors (Lipinski definition) is 1. The van der Waals surface area contributed by atoms with Crippen LogP contribution in [0.2, 0.25) is 0 Å². The van der Waals surface area contributed by atoms with Gasteiger partial charge in [0.25, 0.3) is 0 Å². The Morgan fingerprint density at radius 1 is 1.36 bits per heavy atom. The summed E-state index contributed by atoms with van der Waals surface area (Å²) in [6, 6.07) is 0. The molecule has 0 rings (SSSR count). The highest BCUT2D eigenvalue weighted by Gasteiger charge is 1.99. The Labute approximate surface area is 65.7 Å². The number of rotatable bonds is 5. The molecule has 0 radical (unpaired) electrons. The fourth-order valence-corrected chi connectivity index (χ4v) is 0.683. The Hall–Kier alpha value is -1.12. The van der Waals surface area contributed by atoms with Gasteiger partial charge in [-0.2, -0.15) is 0 Å². The van der Waals surface area contributed by atoms with Crippen LogP contribution in [0, 0.1) is 0 Å². The number of carbonyl (C=O) groups excluding carboxylic acids is 1. The largest absolute Gasteiger partial charge is 0.481 e. The van der Waals surface area contributed by atoms with Crippen molar-refractivity contribution in [1.82, 2.24) is 0 Å². The summed E-state index contributed by atoms with van der Waals surface area (Å²) in [5.41, 5.74) is 0. The van der Waals surface area contributed by atoms with Gasteiger partial charge in [-0.15, -0.1) is 0 Å². The molecule has 62 valence electrons. The lowest BCUT2D eigenvalue weighted by molar-refractivity contribution is -0.137. The molecule has 0 atom stereocenters. The lowest BCUT2D eigenvalue weighted by atomic mass is 10.2. The highest BCUT2D eigenvalue weighted by atomic mass is 16.4. The Morgan fingerprint density at radius 3 is 2.45 bits per heavy atom. The van der Waals surface area contributed by atoms with Gasteiger partial charge in [0.05, 0.1) is 0 Å². The molecule has 0 saturated heterocycles. The Balaban J connectivity index is 3.39. The number of aliphatic carboxylic acids is 1. The summed E-state index contributed by atoms with van der Waals surface area (Å²) in [5.74, 6) is -0.855. The lowest BCUT2D eigenvalue weighted by Crippen LogP contribution is -1.97. The lowest BCUT2D eigenvalue weighted by Gasteiger charge is -1.91. The van der Waals surface area contributed by atoms with Crippen LogP contribution in [-0.2, 0) is 9.59 Å². The molecule has 0 amide bonds. The molecule has 0 bridgehead atoms. The number of ketones is 1. The van der Waals surface area contributed by atoms with Gasteiger partial charge in [-0.05, 0) is 19.4 Å². The zero-order valence-corrected chi connectivity index (χ0v) is 6.54. The maximum atomic E-state index is 10.7. The topological polar surface area (TPSA) is 54.4 Å². The van der Waals surface area contributed by atoms with Gasteiger partial charge in [0.15, 0.2) is 5.78 Å². The minimum atomic E-state index is -0.849. The van der Waals surface area contributed by atoms with Gasteiger partial charge < -0.3 is 5.11 Å². The summed E-state index contributed by atoms with van der Waals surface area (Å²) < 4.78 is 0. The van der Waals surface area contributed by atoms with Crippen molar-refractivity contribution in [2.24, 2.45) is 0 Å². The SMILES string of the molecule is C/C=C/C(=O)CCCC(=O)O. The minimum absolute atomic E-state index is 0.00579. The second-order valence-corrected chi connectivity index (χ2v) is 2.21. The van der Waals surface area contributed by atoms with E-state index in [0.29, 0.717) is 12.8 Å². The van der Waals surface area contributed by atoms with E-state index in [9.17, 15) is 9.59 Å². The number of carboxylic acids is 1. The van der Waals surface area contributed by atoms with Crippen molar-refractivity contribution >= 4 is 11.8 Å².